The third-order valence-electron chi connectivity index (χ3n) is 3.61. The molecule has 5 nitrogen and oxygen atoms in total. The lowest BCUT2D eigenvalue weighted by molar-refractivity contribution is 0.0299. The van der Waals surface area contributed by atoms with Gasteiger partial charge in [0.25, 0.3) is 0 Å². The van der Waals surface area contributed by atoms with Crippen molar-refractivity contribution in [3.8, 4) is 6.07 Å². The molecule has 1 aliphatic rings. The van der Waals surface area contributed by atoms with Gasteiger partial charge in [-0.1, -0.05) is 30.3 Å². The summed E-state index contributed by atoms with van der Waals surface area (Å²) < 4.78 is 5.80. The molecular formula is C16H16N4O. The summed E-state index contributed by atoms with van der Waals surface area (Å²) in [5.74, 6) is 0.776. The summed E-state index contributed by atoms with van der Waals surface area (Å²) in [5, 5.41) is 16.9. The van der Waals surface area contributed by atoms with Gasteiger partial charge in [0.1, 0.15) is 6.07 Å². The average molecular weight is 280 g/mol. The molecule has 2 atom stereocenters. The summed E-state index contributed by atoms with van der Waals surface area (Å²) >= 11 is 0. The molecule has 106 valence electrons. The van der Waals surface area contributed by atoms with Gasteiger partial charge in [-0.15, -0.1) is 10.2 Å². The fourth-order valence-electron chi connectivity index (χ4n) is 2.54. The van der Waals surface area contributed by atoms with Crippen molar-refractivity contribution in [3.05, 3.63) is 53.7 Å². The maximum Gasteiger partial charge on any atom is 0.163 e. The van der Waals surface area contributed by atoms with E-state index in [0.29, 0.717) is 12.3 Å². The van der Waals surface area contributed by atoms with Crippen LogP contribution in [0.3, 0.4) is 0 Å². The molecule has 3 rings (SSSR count). The molecule has 2 unspecified atom stereocenters. The first-order valence-corrected chi connectivity index (χ1v) is 6.95. The molecule has 5 heteroatoms. The zero-order chi connectivity index (χ0) is 14.7. The van der Waals surface area contributed by atoms with Crippen molar-refractivity contribution in [3.63, 3.8) is 0 Å². The van der Waals surface area contributed by atoms with Crippen molar-refractivity contribution in [1.29, 1.82) is 5.26 Å². The monoisotopic (exact) mass is 280 g/mol. The largest absolute Gasteiger partial charge is 0.374 e. The van der Waals surface area contributed by atoms with Crippen LogP contribution in [-0.2, 0) is 4.74 Å². The summed E-state index contributed by atoms with van der Waals surface area (Å²) in [6.07, 6.45) is 0.141. The first-order valence-electron chi connectivity index (χ1n) is 6.95. The maximum atomic E-state index is 8.82. The molecule has 1 saturated heterocycles. The van der Waals surface area contributed by atoms with Crippen molar-refractivity contribution in [1.82, 2.24) is 10.2 Å². The standard InChI is InChI=1S/C16H16N4O/c1-12-10-20(16-8-7-14(9-17)18-19-16)15(11-21-12)13-5-3-2-4-6-13/h2-8,12,15H,10-11H2,1H3. The molecular weight excluding hydrogens is 264 g/mol. The van der Waals surface area contributed by atoms with Crippen LogP contribution in [0.5, 0.6) is 0 Å². The van der Waals surface area contributed by atoms with Gasteiger partial charge in [0.2, 0.25) is 0 Å². The number of hydrogen-bond donors (Lipinski definition) is 0. The number of morpholine rings is 1. The summed E-state index contributed by atoms with van der Waals surface area (Å²) in [4.78, 5) is 2.19. The summed E-state index contributed by atoms with van der Waals surface area (Å²) in [6.45, 7) is 3.41. The van der Waals surface area contributed by atoms with Crippen LogP contribution in [0, 0.1) is 11.3 Å². The van der Waals surface area contributed by atoms with Crippen molar-refractivity contribution < 1.29 is 4.74 Å². The molecule has 1 aliphatic heterocycles. The van der Waals surface area contributed by atoms with Crippen molar-refractivity contribution >= 4 is 5.82 Å². The Labute approximate surface area is 123 Å². The Kier molecular flexibility index (Phi) is 3.80. The summed E-state index contributed by atoms with van der Waals surface area (Å²) in [7, 11) is 0. The molecule has 1 aromatic heterocycles. The number of nitrogens with zero attached hydrogens (tertiary/aromatic N) is 4. The van der Waals surface area contributed by atoms with Crippen LogP contribution >= 0.6 is 0 Å². The topological polar surface area (TPSA) is 62.0 Å². The van der Waals surface area contributed by atoms with E-state index in [1.807, 2.05) is 37.3 Å². The Balaban J connectivity index is 1.93. The smallest absolute Gasteiger partial charge is 0.163 e. The first-order chi connectivity index (χ1) is 10.3. The van der Waals surface area contributed by atoms with Gasteiger partial charge < -0.3 is 9.64 Å². The maximum absolute atomic E-state index is 8.82. The highest BCUT2D eigenvalue weighted by Crippen LogP contribution is 2.29. The molecule has 21 heavy (non-hydrogen) atoms. The number of ether oxygens (including phenoxy) is 1. The highest BCUT2D eigenvalue weighted by Gasteiger charge is 2.29. The SMILES string of the molecule is CC1CN(c2ccc(C#N)nn2)C(c2ccccc2)CO1. The second-order valence-corrected chi connectivity index (χ2v) is 5.11. The second kappa shape index (κ2) is 5.90. The van der Waals surface area contributed by atoms with Crippen molar-refractivity contribution in [2.24, 2.45) is 0 Å². The Morgan fingerprint density at radius 2 is 2.00 bits per heavy atom. The fraction of sp³-hybridized carbons (Fsp3) is 0.312. The third kappa shape index (κ3) is 2.86. The molecule has 1 fully saturated rings. The minimum Gasteiger partial charge on any atom is -0.374 e. The number of nitriles is 1. The van der Waals surface area contributed by atoms with E-state index in [1.54, 1.807) is 6.07 Å². The van der Waals surface area contributed by atoms with E-state index in [0.717, 1.165) is 12.4 Å². The molecule has 1 aromatic carbocycles. The summed E-state index contributed by atoms with van der Waals surface area (Å²) in [5.41, 5.74) is 1.52. The predicted molar refractivity (Wildman–Crippen MR) is 78.7 cm³/mol. The molecule has 2 heterocycles. The predicted octanol–water partition coefficient (Wildman–Crippen LogP) is 2.31. The van der Waals surface area contributed by atoms with Gasteiger partial charge in [0.05, 0.1) is 18.8 Å². The zero-order valence-electron chi connectivity index (χ0n) is 11.8. The lowest BCUT2D eigenvalue weighted by Crippen LogP contribution is -2.44. The molecule has 0 bridgehead atoms. The van der Waals surface area contributed by atoms with Crippen LogP contribution in [-0.4, -0.2) is 29.5 Å². The van der Waals surface area contributed by atoms with E-state index in [2.05, 4.69) is 27.2 Å². The van der Waals surface area contributed by atoms with E-state index < -0.39 is 0 Å². The molecule has 0 radical (unpaired) electrons. The molecule has 0 aliphatic carbocycles. The first kappa shape index (κ1) is 13.5. The molecule has 2 aromatic rings. The summed E-state index contributed by atoms with van der Waals surface area (Å²) in [6, 6.07) is 15.9. The lowest BCUT2D eigenvalue weighted by Gasteiger charge is -2.39. The van der Waals surface area contributed by atoms with Crippen molar-refractivity contribution in [2.75, 3.05) is 18.1 Å². The minimum atomic E-state index is 0.115. The number of hydrogen-bond acceptors (Lipinski definition) is 5. The normalized spacial score (nSPS) is 21.8. The number of rotatable bonds is 2. The van der Waals surface area contributed by atoms with Gasteiger partial charge >= 0.3 is 0 Å². The van der Waals surface area contributed by atoms with E-state index in [4.69, 9.17) is 10.00 Å². The fourth-order valence-corrected chi connectivity index (χ4v) is 2.54. The van der Waals surface area contributed by atoms with Crippen LogP contribution in [0.4, 0.5) is 5.82 Å². The van der Waals surface area contributed by atoms with Gasteiger partial charge in [-0.2, -0.15) is 5.26 Å². The van der Waals surface area contributed by atoms with Crippen LogP contribution in [0.2, 0.25) is 0 Å². The zero-order valence-corrected chi connectivity index (χ0v) is 11.8. The highest BCUT2D eigenvalue weighted by atomic mass is 16.5. The Morgan fingerprint density at radius 1 is 1.19 bits per heavy atom. The van der Waals surface area contributed by atoms with Crippen molar-refractivity contribution in [2.45, 2.75) is 19.1 Å². The van der Waals surface area contributed by atoms with Crippen LogP contribution in [0.1, 0.15) is 24.2 Å². The van der Waals surface area contributed by atoms with Crippen LogP contribution < -0.4 is 4.90 Å². The Hall–Kier alpha value is -2.45. The van der Waals surface area contributed by atoms with E-state index >= 15 is 0 Å². The average Bonchev–Trinajstić information content (AvgIpc) is 2.56. The van der Waals surface area contributed by atoms with Gasteiger partial charge in [0, 0.05) is 6.54 Å². The quantitative estimate of drug-likeness (QED) is 0.844. The van der Waals surface area contributed by atoms with E-state index in [1.165, 1.54) is 5.56 Å². The minimum absolute atomic E-state index is 0.115. The number of aromatic nitrogens is 2. The van der Waals surface area contributed by atoms with E-state index in [-0.39, 0.29) is 12.1 Å². The van der Waals surface area contributed by atoms with Gasteiger partial charge in [-0.05, 0) is 24.6 Å². The Bertz CT molecular complexity index is 636. The molecule has 0 spiro atoms. The molecule has 0 N–H and O–H groups in total. The van der Waals surface area contributed by atoms with Gasteiger partial charge in [-0.3, -0.25) is 0 Å². The number of anilines is 1. The third-order valence-corrected chi connectivity index (χ3v) is 3.61. The van der Waals surface area contributed by atoms with Crippen LogP contribution in [0.15, 0.2) is 42.5 Å². The van der Waals surface area contributed by atoms with Crippen LogP contribution in [0.25, 0.3) is 0 Å². The number of benzene rings is 1. The van der Waals surface area contributed by atoms with Gasteiger partial charge in [0.15, 0.2) is 11.5 Å². The highest BCUT2D eigenvalue weighted by molar-refractivity contribution is 5.43. The molecule has 0 amide bonds. The second-order valence-electron chi connectivity index (χ2n) is 5.11. The lowest BCUT2D eigenvalue weighted by atomic mass is 10.0. The van der Waals surface area contributed by atoms with E-state index in [9.17, 15) is 0 Å². The molecule has 0 saturated carbocycles. The van der Waals surface area contributed by atoms with Gasteiger partial charge in [-0.25, -0.2) is 0 Å². The Morgan fingerprint density at radius 3 is 2.67 bits per heavy atom.